The summed E-state index contributed by atoms with van der Waals surface area (Å²) in [5, 5.41) is 14.5. The molecule has 0 radical (unpaired) electrons. The molecule has 3 rings (SSSR count). The molecular formula is C15H18N2O2S2. The minimum absolute atomic E-state index is 0.0529. The Labute approximate surface area is 132 Å². The first kappa shape index (κ1) is 14.7. The summed E-state index contributed by atoms with van der Waals surface area (Å²) in [5.41, 5.74) is 1.08. The van der Waals surface area contributed by atoms with Crippen molar-refractivity contribution in [3.63, 3.8) is 0 Å². The zero-order valence-electron chi connectivity index (χ0n) is 11.9. The highest BCUT2D eigenvalue weighted by Crippen LogP contribution is 2.30. The number of aliphatic hydroxyl groups excluding tert-OH is 1. The van der Waals surface area contributed by atoms with Gasteiger partial charge in [0.05, 0.1) is 12.3 Å². The third-order valence-electron chi connectivity index (χ3n) is 3.74. The van der Waals surface area contributed by atoms with Gasteiger partial charge in [-0.15, -0.1) is 11.3 Å². The summed E-state index contributed by atoms with van der Waals surface area (Å²) >= 11 is 3.08. The number of hydrogen-bond donors (Lipinski definition) is 1. The molecule has 21 heavy (non-hydrogen) atoms. The number of likely N-dealkylation sites (tertiary alicyclic amines) is 1. The van der Waals surface area contributed by atoms with Crippen molar-refractivity contribution in [3.8, 4) is 10.6 Å². The van der Waals surface area contributed by atoms with E-state index >= 15 is 0 Å². The van der Waals surface area contributed by atoms with Gasteiger partial charge in [0.1, 0.15) is 9.88 Å². The van der Waals surface area contributed by atoms with E-state index in [-0.39, 0.29) is 18.1 Å². The molecule has 0 spiro atoms. The second kappa shape index (κ2) is 6.25. The van der Waals surface area contributed by atoms with Crippen LogP contribution in [0.25, 0.3) is 10.6 Å². The Kier molecular flexibility index (Phi) is 4.37. The quantitative estimate of drug-likeness (QED) is 0.940. The maximum atomic E-state index is 12.6. The number of hydrogen-bond acceptors (Lipinski definition) is 5. The number of nitrogens with zero attached hydrogens (tertiary/aromatic N) is 2. The van der Waals surface area contributed by atoms with Gasteiger partial charge < -0.3 is 10.0 Å². The third kappa shape index (κ3) is 3.17. The Morgan fingerprint density at radius 1 is 1.62 bits per heavy atom. The number of thiazole rings is 1. The predicted molar refractivity (Wildman–Crippen MR) is 85.8 cm³/mol. The fourth-order valence-corrected chi connectivity index (χ4v) is 4.36. The van der Waals surface area contributed by atoms with Crippen LogP contribution in [0.3, 0.4) is 0 Å². The summed E-state index contributed by atoms with van der Waals surface area (Å²) in [4.78, 5) is 19.6. The second-order valence-electron chi connectivity index (χ2n) is 5.42. The lowest BCUT2D eigenvalue weighted by Crippen LogP contribution is -2.36. The van der Waals surface area contributed by atoms with Crippen LogP contribution in [0.2, 0.25) is 0 Å². The summed E-state index contributed by atoms with van der Waals surface area (Å²) in [6, 6.07) is 2.17. The fraction of sp³-hybridized carbons (Fsp3) is 0.467. The van der Waals surface area contributed by atoms with Gasteiger partial charge in [0, 0.05) is 23.5 Å². The van der Waals surface area contributed by atoms with Crippen LogP contribution in [0.4, 0.5) is 0 Å². The average molecular weight is 322 g/mol. The van der Waals surface area contributed by atoms with Gasteiger partial charge in [-0.2, -0.15) is 11.3 Å². The molecule has 4 nitrogen and oxygen atoms in total. The first-order valence-electron chi connectivity index (χ1n) is 7.12. The zero-order chi connectivity index (χ0) is 14.8. The topological polar surface area (TPSA) is 53.4 Å². The van der Waals surface area contributed by atoms with E-state index in [0.29, 0.717) is 11.3 Å². The molecule has 1 amide bonds. The Morgan fingerprint density at radius 3 is 3.19 bits per heavy atom. The molecule has 2 atom stereocenters. The smallest absolute Gasteiger partial charge is 0.265 e. The molecule has 6 heteroatoms. The number of thiophene rings is 1. The molecule has 1 saturated heterocycles. The number of aliphatic hydroxyl groups is 1. The van der Waals surface area contributed by atoms with Crippen molar-refractivity contribution in [2.45, 2.75) is 38.3 Å². The molecule has 3 heterocycles. The van der Waals surface area contributed by atoms with E-state index in [4.69, 9.17) is 0 Å². The lowest BCUT2D eigenvalue weighted by Gasteiger charge is -2.25. The molecular weight excluding hydrogens is 304 g/mol. The van der Waals surface area contributed by atoms with Gasteiger partial charge in [-0.25, -0.2) is 4.98 Å². The normalized spacial score (nSPS) is 19.9. The SMILES string of the molecule is CC(O)CC1CCCN1C(=O)c1cnc(-c2ccsc2)s1. The zero-order valence-corrected chi connectivity index (χ0v) is 13.5. The van der Waals surface area contributed by atoms with E-state index in [1.165, 1.54) is 11.3 Å². The Balaban J connectivity index is 1.76. The van der Waals surface area contributed by atoms with Gasteiger partial charge in [-0.05, 0) is 37.6 Å². The van der Waals surface area contributed by atoms with Crippen molar-refractivity contribution in [2.75, 3.05) is 6.54 Å². The molecule has 0 aromatic carbocycles. The van der Waals surface area contributed by atoms with E-state index < -0.39 is 0 Å². The highest BCUT2D eigenvalue weighted by atomic mass is 32.1. The fourth-order valence-electron chi connectivity index (χ4n) is 2.78. The second-order valence-corrected chi connectivity index (χ2v) is 7.23. The third-order valence-corrected chi connectivity index (χ3v) is 5.45. The van der Waals surface area contributed by atoms with Crippen molar-refractivity contribution in [3.05, 3.63) is 27.9 Å². The summed E-state index contributed by atoms with van der Waals surface area (Å²) in [6.45, 7) is 2.56. The summed E-state index contributed by atoms with van der Waals surface area (Å²) < 4.78 is 0. The van der Waals surface area contributed by atoms with Gasteiger partial charge in [-0.1, -0.05) is 0 Å². The minimum atomic E-state index is -0.369. The van der Waals surface area contributed by atoms with Crippen molar-refractivity contribution in [1.82, 2.24) is 9.88 Å². The number of rotatable bonds is 4. The van der Waals surface area contributed by atoms with Gasteiger partial charge in [0.2, 0.25) is 0 Å². The first-order valence-corrected chi connectivity index (χ1v) is 8.88. The van der Waals surface area contributed by atoms with E-state index in [1.807, 2.05) is 21.7 Å². The Hall–Kier alpha value is -1.24. The van der Waals surface area contributed by atoms with E-state index in [1.54, 1.807) is 24.5 Å². The number of carbonyl (C=O) groups is 1. The first-order chi connectivity index (χ1) is 10.1. The van der Waals surface area contributed by atoms with Crippen molar-refractivity contribution < 1.29 is 9.90 Å². The Morgan fingerprint density at radius 2 is 2.48 bits per heavy atom. The minimum Gasteiger partial charge on any atom is -0.393 e. The molecule has 1 aliphatic rings. The molecule has 0 saturated carbocycles. The molecule has 0 bridgehead atoms. The van der Waals surface area contributed by atoms with E-state index in [0.717, 1.165) is 30.0 Å². The van der Waals surface area contributed by atoms with Crippen LogP contribution >= 0.6 is 22.7 Å². The van der Waals surface area contributed by atoms with Gasteiger partial charge >= 0.3 is 0 Å². The maximum absolute atomic E-state index is 12.6. The van der Waals surface area contributed by atoms with Crippen molar-refractivity contribution in [2.24, 2.45) is 0 Å². The van der Waals surface area contributed by atoms with Crippen LogP contribution in [-0.2, 0) is 0 Å². The van der Waals surface area contributed by atoms with Gasteiger partial charge in [-0.3, -0.25) is 4.79 Å². The predicted octanol–water partition coefficient (Wildman–Crippen LogP) is 3.25. The molecule has 112 valence electrons. The van der Waals surface area contributed by atoms with E-state index in [9.17, 15) is 9.90 Å². The summed E-state index contributed by atoms with van der Waals surface area (Å²) in [5.74, 6) is 0.0529. The highest BCUT2D eigenvalue weighted by molar-refractivity contribution is 7.17. The molecule has 1 aliphatic heterocycles. The summed E-state index contributed by atoms with van der Waals surface area (Å²) in [6.07, 6.45) is 3.96. The largest absolute Gasteiger partial charge is 0.393 e. The van der Waals surface area contributed by atoms with Crippen LogP contribution in [-0.4, -0.2) is 39.6 Å². The average Bonchev–Trinajstić information content (AvgIpc) is 3.18. The highest BCUT2D eigenvalue weighted by Gasteiger charge is 2.31. The number of aromatic nitrogens is 1. The molecule has 1 N–H and O–H groups in total. The molecule has 1 fully saturated rings. The van der Waals surface area contributed by atoms with Gasteiger partial charge in [0.15, 0.2) is 0 Å². The molecule has 0 aliphatic carbocycles. The molecule has 2 unspecified atom stereocenters. The molecule has 2 aromatic heterocycles. The lowest BCUT2D eigenvalue weighted by atomic mass is 10.1. The van der Waals surface area contributed by atoms with Crippen LogP contribution in [0, 0.1) is 0 Å². The number of carbonyl (C=O) groups excluding carboxylic acids is 1. The van der Waals surface area contributed by atoms with Crippen molar-refractivity contribution in [1.29, 1.82) is 0 Å². The molecule has 2 aromatic rings. The standard InChI is InChI=1S/C15H18N2O2S2/c1-10(18)7-12-3-2-5-17(12)15(19)13-8-16-14(21-13)11-4-6-20-9-11/h4,6,8-10,12,18H,2-3,5,7H2,1H3. The van der Waals surface area contributed by atoms with Crippen LogP contribution in [0.1, 0.15) is 35.9 Å². The van der Waals surface area contributed by atoms with Crippen LogP contribution in [0.15, 0.2) is 23.0 Å². The van der Waals surface area contributed by atoms with Gasteiger partial charge in [0.25, 0.3) is 5.91 Å². The Bertz CT molecular complexity index is 607. The monoisotopic (exact) mass is 322 g/mol. The summed E-state index contributed by atoms with van der Waals surface area (Å²) in [7, 11) is 0. The van der Waals surface area contributed by atoms with Crippen molar-refractivity contribution >= 4 is 28.6 Å². The number of amides is 1. The van der Waals surface area contributed by atoms with Crippen LogP contribution in [0.5, 0.6) is 0 Å². The van der Waals surface area contributed by atoms with Crippen LogP contribution < -0.4 is 0 Å². The lowest BCUT2D eigenvalue weighted by molar-refractivity contribution is 0.0686. The van der Waals surface area contributed by atoms with E-state index in [2.05, 4.69) is 4.98 Å². The maximum Gasteiger partial charge on any atom is 0.265 e.